The molecule has 1 aliphatic rings. The van der Waals surface area contributed by atoms with Gasteiger partial charge in [0, 0.05) is 35.1 Å². The van der Waals surface area contributed by atoms with Gasteiger partial charge in [-0.3, -0.25) is 4.79 Å². The molecule has 23 heavy (non-hydrogen) atoms. The summed E-state index contributed by atoms with van der Waals surface area (Å²) < 4.78 is 0. The maximum atomic E-state index is 12.6. The number of hydrogen-bond acceptors (Lipinski definition) is 2. The molecule has 2 unspecified atom stereocenters. The second kappa shape index (κ2) is 9.12. The molecule has 0 aromatic heterocycles. The quantitative estimate of drug-likeness (QED) is 0.853. The van der Waals surface area contributed by atoms with E-state index in [-0.39, 0.29) is 30.3 Å². The molecule has 0 spiro atoms. The van der Waals surface area contributed by atoms with Crippen molar-refractivity contribution in [1.29, 1.82) is 0 Å². The molecule has 1 saturated heterocycles. The van der Waals surface area contributed by atoms with E-state index in [4.69, 9.17) is 28.9 Å². The third kappa shape index (κ3) is 5.53. The lowest BCUT2D eigenvalue weighted by Gasteiger charge is -2.35. The number of piperidine rings is 1. The van der Waals surface area contributed by atoms with Crippen LogP contribution in [0.4, 0.5) is 0 Å². The maximum absolute atomic E-state index is 12.6. The van der Waals surface area contributed by atoms with Crippen LogP contribution in [0.15, 0.2) is 18.2 Å². The number of carbonyl (C=O) groups excluding carboxylic acids is 1. The first-order valence-electron chi connectivity index (χ1n) is 7.86. The smallest absolute Gasteiger partial charge is 0.225 e. The van der Waals surface area contributed by atoms with E-state index in [1.807, 2.05) is 30.9 Å². The third-order valence-corrected chi connectivity index (χ3v) is 5.14. The van der Waals surface area contributed by atoms with Gasteiger partial charge in [0.1, 0.15) is 0 Å². The predicted octanol–water partition coefficient (Wildman–Crippen LogP) is 4.18. The van der Waals surface area contributed by atoms with Crippen LogP contribution in [0.3, 0.4) is 0 Å². The Morgan fingerprint density at radius 1 is 1.30 bits per heavy atom. The van der Waals surface area contributed by atoms with Crippen LogP contribution in [0, 0.1) is 11.8 Å². The molecule has 1 aromatic rings. The third-order valence-electron chi connectivity index (χ3n) is 4.56. The minimum Gasteiger partial charge on any atom is -0.342 e. The summed E-state index contributed by atoms with van der Waals surface area (Å²) in [6.07, 6.45) is 2.64. The van der Waals surface area contributed by atoms with Crippen molar-refractivity contribution >= 4 is 41.5 Å². The van der Waals surface area contributed by atoms with E-state index in [0.717, 1.165) is 31.5 Å². The SMILES string of the molecule is CC(Cc1ccc(Cl)cc1Cl)C(=O)N1CCC(C(C)N)CC1.Cl. The molecule has 0 saturated carbocycles. The fourth-order valence-electron chi connectivity index (χ4n) is 3.06. The van der Waals surface area contributed by atoms with Gasteiger partial charge in [-0.05, 0) is 49.8 Å². The van der Waals surface area contributed by atoms with Crippen molar-refractivity contribution in [2.75, 3.05) is 13.1 Å². The minimum atomic E-state index is -0.0782. The molecule has 2 N–H and O–H groups in total. The van der Waals surface area contributed by atoms with E-state index in [2.05, 4.69) is 0 Å². The molecular weight excluding hydrogens is 355 g/mol. The molecule has 1 aromatic carbocycles. The first kappa shape index (κ1) is 20.6. The summed E-state index contributed by atoms with van der Waals surface area (Å²) in [6, 6.07) is 5.65. The molecule has 6 heteroatoms. The van der Waals surface area contributed by atoms with Gasteiger partial charge in [0.2, 0.25) is 5.91 Å². The van der Waals surface area contributed by atoms with Crippen LogP contribution in [-0.2, 0) is 11.2 Å². The summed E-state index contributed by atoms with van der Waals surface area (Å²) in [6.45, 7) is 5.63. The Hall–Kier alpha value is -0.480. The predicted molar refractivity (Wildman–Crippen MR) is 99.5 cm³/mol. The second-order valence-electron chi connectivity index (χ2n) is 6.36. The van der Waals surface area contributed by atoms with E-state index in [1.165, 1.54) is 0 Å². The van der Waals surface area contributed by atoms with Gasteiger partial charge in [0.15, 0.2) is 0 Å². The summed E-state index contributed by atoms with van der Waals surface area (Å²) in [7, 11) is 0. The van der Waals surface area contributed by atoms with Gasteiger partial charge in [-0.2, -0.15) is 0 Å². The summed E-state index contributed by atoms with van der Waals surface area (Å²) >= 11 is 12.1. The summed E-state index contributed by atoms with van der Waals surface area (Å²) in [4.78, 5) is 14.5. The van der Waals surface area contributed by atoms with Crippen molar-refractivity contribution in [2.45, 2.75) is 39.2 Å². The van der Waals surface area contributed by atoms with Gasteiger partial charge >= 0.3 is 0 Å². The molecule has 130 valence electrons. The zero-order chi connectivity index (χ0) is 16.3. The fraction of sp³-hybridized carbons (Fsp3) is 0.588. The fourth-order valence-corrected chi connectivity index (χ4v) is 3.55. The Bertz CT molecular complexity index is 529. The zero-order valence-electron chi connectivity index (χ0n) is 13.6. The van der Waals surface area contributed by atoms with Gasteiger partial charge in [-0.25, -0.2) is 0 Å². The van der Waals surface area contributed by atoms with Crippen molar-refractivity contribution in [3.8, 4) is 0 Å². The normalized spacial score (nSPS) is 18.2. The number of halogens is 3. The highest BCUT2D eigenvalue weighted by atomic mass is 35.5. The van der Waals surface area contributed by atoms with Crippen LogP contribution in [0.25, 0.3) is 0 Å². The van der Waals surface area contributed by atoms with Crippen molar-refractivity contribution in [3.63, 3.8) is 0 Å². The number of carbonyl (C=O) groups is 1. The Morgan fingerprint density at radius 3 is 2.43 bits per heavy atom. The van der Waals surface area contributed by atoms with E-state index in [0.29, 0.717) is 22.4 Å². The Kier molecular flexibility index (Phi) is 8.15. The number of nitrogens with zero attached hydrogens (tertiary/aromatic N) is 1. The lowest BCUT2D eigenvalue weighted by atomic mass is 9.90. The molecule has 0 radical (unpaired) electrons. The number of amides is 1. The number of likely N-dealkylation sites (tertiary alicyclic amines) is 1. The number of benzene rings is 1. The minimum absolute atomic E-state index is 0. The topological polar surface area (TPSA) is 46.3 Å². The number of rotatable bonds is 4. The Labute approximate surface area is 154 Å². The van der Waals surface area contributed by atoms with E-state index in [9.17, 15) is 4.79 Å². The van der Waals surface area contributed by atoms with Crippen molar-refractivity contribution in [3.05, 3.63) is 33.8 Å². The molecule has 1 amide bonds. The monoisotopic (exact) mass is 378 g/mol. The maximum Gasteiger partial charge on any atom is 0.225 e. The molecule has 1 fully saturated rings. The van der Waals surface area contributed by atoms with E-state index < -0.39 is 0 Å². The lowest BCUT2D eigenvalue weighted by Crippen LogP contribution is -2.44. The molecule has 2 rings (SSSR count). The molecular formula is C17H25Cl3N2O. The number of hydrogen-bond donors (Lipinski definition) is 1. The van der Waals surface area contributed by atoms with Crippen LogP contribution < -0.4 is 5.73 Å². The van der Waals surface area contributed by atoms with Gasteiger partial charge in [-0.15, -0.1) is 12.4 Å². The Morgan fingerprint density at radius 2 is 1.91 bits per heavy atom. The summed E-state index contributed by atoms with van der Waals surface area (Å²) in [5, 5.41) is 1.24. The highest BCUT2D eigenvalue weighted by molar-refractivity contribution is 6.35. The van der Waals surface area contributed by atoms with Crippen molar-refractivity contribution in [1.82, 2.24) is 4.90 Å². The van der Waals surface area contributed by atoms with Crippen molar-refractivity contribution < 1.29 is 4.79 Å². The van der Waals surface area contributed by atoms with Gasteiger partial charge in [0.05, 0.1) is 0 Å². The van der Waals surface area contributed by atoms with Crippen molar-refractivity contribution in [2.24, 2.45) is 17.6 Å². The first-order chi connectivity index (χ1) is 10.4. The Balaban J connectivity index is 0.00000264. The van der Waals surface area contributed by atoms with Crippen LogP contribution in [0.2, 0.25) is 10.0 Å². The first-order valence-corrected chi connectivity index (χ1v) is 8.62. The molecule has 2 atom stereocenters. The standard InChI is InChI=1S/C17H24Cl2N2O.ClH/c1-11(9-14-3-4-15(18)10-16(14)19)17(22)21-7-5-13(6-8-21)12(2)20;/h3-4,10-13H,5-9,20H2,1-2H3;1H. The average molecular weight is 380 g/mol. The van der Waals surface area contributed by atoms with Crippen LogP contribution in [0.1, 0.15) is 32.3 Å². The largest absolute Gasteiger partial charge is 0.342 e. The average Bonchev–Trinajstić information content (AvgIpc) is 2.49. The van der Waals surface area contributed by atoms with Gasteiger partial charge in [-0.1, -0.05) is 36.2 Å². The zero-order valence-corrected chi connectivity index (χ0v) is 15.9. The highest BCUT2D eigenvalue weighted by Crippen LogP contribution is 2.25. The van der Waals surface area contributed by atoms with Crippen LogP contribution >= 0.6 is 35.6 Å². The van der Waals surface area contributed by atoms with Crippen LogP contribution in [-0.4, -0.2) is 29.9 Å². The molecule has 1 heterocycles. The second-order valence-corrected chi connectivity index (χ2v) is 7.21. The van der Waals surface area contributed by atoms with Gasteiger partial charge < -0.3 is 10.6 Å². The van der Waals surface area contributed by atoms with E-state index in [1.54, 1.807) is 6.07 Å². The summed E-state index contributed by atoms with van der Waals surface area (Å²) in [5.41, 5.74) is 6.92. The summed E-state index contributed by atoms with van der Waals surface area (Å²) in [5.74, 6) is 0.657. The van der Waals surface area contributed by atoms with Gasteiger partial charge in [0.25, 0.3) is 0 Å². The highest BCUT2D eigenvalue weighted by Gasteiger charge is 2.27. The molecule has 3 nitrogen and oxygen atoms in total. The van der Waals surface area contributed by atoms with Crippen LogP contribution in [0.5, 0.6) is 0 Å². The molecule has 1 aliphatic heterocycles. The molecule has 0 aliphatic carbocycles. The lowest BCUT2D eigenvalue weighted by molar-refractivity contribution is -0.136. The van der Waals surface area contributed by atoms with E-state index >= 15 is 0 Å². The number of nitrogens with two attached hydrogens (primary N) is 1. The molecule has 0 bridgehead atoms.